The summed E-state index contributed by atoms with van der Waals surface area (Å²) in [7, 11) is 0. The number of hydrogen-bond acceptors (Lipinski definition) is 7. The summed E-state index contributed by atoms with van der Waals surface area (Å²) in [6.45, 7) is 1.68. The predicted octanol–water partition coefficient (Wildman–Crippen LogP) is 5.44. The van der Waals surface area contributed by atoms with Crippen LogP contribution in [0.4, 0.5) is 17.1 Å². The van der Waals surface area contributed by atoms with Crippen LogP contribution in [0.3, 0.4) is 0 Å². The molecular formula is C30H25N5O5S. The van der Waals surface area contributed by atoms with Gasteiger partial charge in [-0.25, -0.2) is 0 Å². The summed E-state index contributed by atoms with van der Waals surface area (Å²) >= 11 is 1.26. The third kappa shape index (κ3) is 8.35. The summed E-state index contributed by atoms with van der Waals surface area (Å²) in [6, 6.07) is 23.2. The second kappa shape index (κ2) is 13.7. The second-order valence-corrected chi connectivity index (χ2v) is 9.79. The highest BCUT2D eigenvalue weighted by Crippen LogP contribution is 2.24. The molecule has 41 heavy (non-hydrogen) atoms. The average molecular weight is 568 g/mol. The summed E-state index contributed by atoms with van der Waals surface area (Å²) in [5, 5.41) is 19.2. The van der Waals surface area contributed by atoms with Crippen LogP contribution in [-0.2, 0) is 9.59 Å². The molecule has 206 valence electrons. The molecule has 0 saturated heterocycles. The second-order valence-electron chi connectivity index (χ2n) is 8.74. The van der Waals surface area contributed by atoms with Crippen LogP contribution in [0.15, 0.2) is 108 Å². The molecule has 0 fully saturated rings. The maximum atomic E-state index is 13.2. The number of non-ortho nitro benzene ring substituents is 1. The highest BCUT2D eigenvalue weighted by Gasteiger charge is 2.16. The van der Waals surface area contributed by atoms with Gasteiger partial charge < -0.3 is 16.0 Å². The first-order chi connectivity index (χ1) is 19.8. The van der Waals surface area contributed by atoms with E-state index in [9.17, 15) is 24.5 Å². The monoisotopic (exact) mass is 567 g/mol. The molecule has 0 aliphatic carbocycles. The Morgan fingerprint density at radius 3 is 2.46 bits per heavy atom. The molecule has 0 aliphatic heterocycles. The first-order valence-corrected chi connectivity index (χ1v) is 13.3. The zero-order chi connectivity index (χ0) is 29.2. The van der Waals surface area contributed by atoms with Crippen LogP contribution in [0, 0.1) is 17.0 Å². The van der Waals surface area contributed by atoms with Crippen molar-refractivity contribution in [1.29, 1.82) is 0 Å². The number of aromatic nitrogens is 1. The van der Waals surface area contributed by atoms with Gasteiger partial charge in [0.25, 0.3) is 17.5 Å². The Morgan fingerprint density at radius 1 is 0.951 bits per heavy atom. The number of pyridine rings is 1. The van der Waals surface area contributed by atoms with E-state index in [0.29, 0.717) is 28.1 Å². The van der Waals surface area contributed by atoms with Crippen molar-refractivity contribution in [3.63, 3.8) is 0 Å². The maximum absolute atomic E-state index is 13.2. The number of nitro groups is 1. The molecule has 1 aromatic heterocycles. The lowest BCUT2D eigenvalue weighted by Gasteiger charge is -2.12. The minimum Gasteiger partial charge on any atom is -0.325 e. The first kappa shape index (κ1) is 28.7. The zero-order valence-electron chi connectivity index (χ0n) is 21.9. The van der Waals surface area contributed by atoms with Crippen LogP contribution in [0.2, 0.25) is 0 Å². The van der Waals surface area contributed by atoms with E-state index < -0.39 is 16.7 Å². The molecule has 1 heterocycles. The van der Waals surface area contributed by atoms with Crippen molar-refractivity contribution in [1.82, 2.24) is 10.3 Å². The number of nitro benzene ring substituents is 1. The molecule has 0 radical (unpaired) electrons. The zero-order valence-corrected chi connectivity index (χ0v) is 22.7. The van der Waals surface area contributed by atoms with Crippen molar-refractivity contribution in [2.45, 2.75) is 11.8 Å². The number of rotatable bonds is 10. The lowest BCUT2D eigenvalue weighted by Crippen LogP contribution is -2.30. The third-order valence-corrected chi connectivity index (χ3v) is 6.67. The van der Waals surface area contributed by atoms with Gasteiger partial charge in [0.1, 0.15) is 5.70 Å². The Balaban J connectivity index is 1.42. The van der Waals surface area contributed by atoms with Gasteiger partial charge in [0.2, 0.25) is 5.91 Å². The Morgan fingerprint density at radius 2 is 1.76 bits per heavy atom. The highest BCUT2D eigenvalue weighted by atomic mass is 32.2. The van der Waals surface area contributed by atoms with Crippen LogP contribution in [-0.4, -0.2) is 33.4 Å². The quantitative estimate of drug-likeness (QED) is 0.100. The van der Waals surface area contributed by atoms with E-state index in [2.05, 4.69) is 20.9 Å². The standard InChI is InChI=1S/C30H25N5O5S/c1-20-15-24(35(39)40)12-13-26(20)33-28(36)19-41-25-11-5-10-23(17-25)32-30(38)27(16-21-7-6-14-31-18-21)34-29(37)22-8-3-2-4-9-22/h2-18H,19H2,1H3,(H,32,38)(H,33,36)(H,34,37)/b27-16-. The molecule has 3 amide bonds. The van der Waals surface area contributed by atoms with Crippen LogP contribution < -0.4 is 16.0 Å². The van der Waals surface area contributed by atoms with E-state index in [-0.39, 0.29) is 23.0 Å². The summed E-state index contributed by atoms with van der Waals surface area (Å²) < 4.78 is 0. The van der Waals surface area contributed by atoms with Crippen LogP contribution in [0.5, 0.6) is 0 Å². The van der Waals surface area contributed by atoms with Gasteiger partial charge in [-0.1, -0.05) is 30.3 Å². The van der Waals surface area contributed by atoms with Crippen molar-refractivity contribution in [2.75, 3.05) is 16.4 Å². The van der Waals surface area contributed by atoms with Gasteiger partial charge in [0.15, 0.2) is 0 Å². The fourth-order valence-corrected chi connectivity index (χ4v) is 4.42. The molecule has 4 rings (SSSR count). The Hall–Kier alpha value is -5.29. The molecule has 3 aromatic carbocycles. The fourth-order valence-electron chi connectivity index (χ4n) is 3.67. The number of hydrogen-bond donors (Lipinski definition) is 3. The number of carbonyl (C=O) groups excluding carboxylic acids is 3. The number of nitrogens with zero attached hydrogens (tertiary/aromatic N) is 2. The Bertz CT molecular complexity index is 1610. The Kier molecular flexibility index (Phi) is 9.57. The van der Waals surface area contributed by atoms with Crippen molar-refractivity contribution < 1.29 is 19.3 Å². The Labute approximate surface area is 240 Å². The van der Waals surface area contributed by atoms with Gasteiger partial charge in [0.05, 0.1) is 10.7 Å². The number of nitrogens with one attached hydrogen (secondary N) is 3. The van der Waals surface area contributed by atoms with E-state index >= 15 is 0 Å². The number of aryl methyl sites for hydroxylation is 1. The normalized spacial score (nSPS) is 10.9. The van der Waals surface area contributed by atoms with E-state index in [0.717, 1.165) is 4.90 Å². The minimum absolute atomic E-state index is 0.0303. The lowest BCUT2D eigenvalue weighted by atomic mass is 10.2. The minimum atomic E-state index is -0.535. The lowest BCUT2D eigenvalue weighted by molar-refractivity contribution is -0.384. The summed E-state index contributed by atoms with van der Waals surface area (Å²) in [6.07, 6.45) is 4.71. The molecule has 0 saturated carbocycles. The number of anilines is 2. The van der Waals surface area contributed by atoms with Crippen molar-refractivity contribution in [2.24, 2.45) is 0 Å². The van der Waals surface area contributed by atoms with Crippen LogP contribution in [0.25, 0.3) is 6.08 Å². The molecular weight excluding hydrogens is 542 g/mol. The first-order valence-electron chi connectivity index (χ1n) is 12.4. The smallest absolute Gasteiger partial charge is 0.272 e. The molecule has 0 atom stereocenters. The van der Waals surface area contributed by atoms with Gasteiger partial charge in [-0.05, 0) is 66.6 Å². The molecule has 11 heteroatoms. The van der Waals surface area contributed by atoms with E-state index in [1.807, 2.05) is 0 Å². The maximum Gasteiger partial charge on any atom is 0.272 e. The van der Waals surface area contributed by atoms with Crippen LogP contribution >= 0.6 is 11.8 Å². The average Bonchev–Trinajstić information content (AvgIpc) is 2.98. The molecule has 0 bridgehead atoms. The number of thioether (sulfide) groups is 1. The topological polar surface area (TPSA) is 143 Å². The predicted molar refractivity (Wildman–Crippen MR) is 158 cm³/mol. The third-order valence-electron chi connectivity index (χ3n) is 5.68. The van der Waals surface area contributed by atoms with Gasteiger partial charge >= 0.3 is 0 Å². The van der Waals surface area contributed by atoms with E-state index in [1.54, 1.807) is 86.0 Å². The largest absolute Gasteiger partial charge is 0.325 e. The number of amides is 3. The van der Waals surface area contributed by atoms with Gasteiger partial charge in [-0.2, -0.15) is 0 Å². The number of benzene rings is 3. The van der Waals surface area contributed by atoms with Crippen LogP contribution in [0.1, 0.15) is 21.5 Å². The van der Waals surface area contributed by atoms with Crippen molar-refractivity contribution in [3.8, 4) is 0 Å². The number of carbonyl (C=O) groups is 3. The summed E-state index contributed by atoms with van der Waals surface area (Å²) in [5.41, 5.74) is 2.55. The summed E-state index contributed by atoms with van der Waals surface area (Å²) in [5.74, 6) is -1.18. The van der Waals surface area contributed by atoms with E-state index in [4.69, 9.17) is 0 Å². The molecule has 0 unspecified atom stereocenters. The summed E-state index contributed by atoms with van der Waals surface area (Å²) in [4.78, 5) is 53.8. The van der Waals surface area contributed by atoms with E-state index in [1.165, 1.54) is 36.0 Å². The van der Waals surface area contributed by atoms with Gasteiger partial charge in [-0.15, -0.1) is 11.8 Å². The molecule has 0 spiro atoms. The molecule has 4 aromatic rings. The molecule has 0 aliphatic rings. The molecule has 3 N–H and O–H groups in total. The highest BCUT2D eigenvalue weighted by molar-refractivity contribution is 8.00. The fraction of sp³-hybridized carbons (Fsp3) is 0.0667. The van der Waals surface area contributed by atoms with Crippen molar-refractivity contribution in [3.05, 3.63) is 130 Å². The van der Waals surface area contributed by atoms with Gasteiger partial charge in [0, 0.05) is 46.4 Å². The molecule has 10 nitrogen and oxygen atoms in total. The SMILES string of the molecule is Cc1cc([N+](=O)[O-])ccc1NC(=O)CSc1cccc(NC(=O)/C(=C/c2cccnc2)NC(=O)c2ccccc2)c1. The van der Waals surface area contributed by atoms with Gasteiger partial charge in [-0.3, -0.25) is 29.5 Å². The van der Waals surface area contributed by atoms with Crippen molar-refractivity contribution >= 4 is 52.6 Å².